The monoisotopic (exact) mass is 223 g/mol. The first-order valence-corrected chi connectivity index (χ1v) is 6.58. The summed E-state index contributed by atoms with van der Waals surface area (Å²) in [4.78, 5) is 2.54. The molecule has 0 aliphatic carbocycles. The minimum atomic E-state index is 0.615. The predicted molar refractivity (Wildman–Crippen MR) is 67.2 cm³/mol. The lowest BCUT2D eigenvalue weighted by Crippen LogP contribution is -2.41. The lowest BCUT2D eigenvalue weighted by atomic mass is 10.1. The normalized spacial score (nSPS) is 20.6. The van der Waals surface area contributed by atoms with Gasteiger partial charge in [-0.1, -0.05) is 0 Å². The van der Waals surface area contributed by atoms with Crippen LogP contribution in [-0.2, 0) is 0 Å². The smallest absolute Gasteiger partial charge is 0.0621 e. The topological polar surface area (TPSA) is 39.1 Å². The number of nitrogens with zero attached hydrogens (tertiary/aromatic N) is 2. The van der Waals surface area contributed by atoms with Crippen molar-refractivity contribution in [1.29, 1.82) is 5.26 Å². The Morgan fingerprint density at radius 1 is 1.44 bits per heavy atom. The third-order valence-corrected chi connectivity index (χ3v) is 3.33. The molecule has 0 bridgehead atoms. The van der Waals surface area contributed by atoms with E-state index in [-0.39, 0.29) is 0 Å². The van der Waals surface area contributed by atoms with Crippen LogP contribution in [0.15, 0.2) is 0 Å². The van der Waals surface area contributed by atoms with Gasteiger partial charge in [0.05, 0.1) is 6.07 Å². The SMILES string of the molecule is CC(C)N(CCCCC#N)CC1CCCN1. The van der Waals surface area contributed by atoms with Crippen molar-refractivity contribution in [1.82, 2.24) is 10.2 Å². The molecule has 0 saturated carbocycles. The van der Waals surface area contributed by atoms with Crippen molar-refractivity contribution in [2.45, 2.75) is 58.0 Å². The second-order valence-electron chi connectivity index (χ2n) is 5.00. The molecule has 0 spiro atoms. The molecule has 0 aromatic rings. The number of rotatable bonds is 7. The quantitative estimate of drug-likeness (QED) is 0.672. The molecule has 1 aliphatic rings. The molecular formula is C13H25N3. The Balaban J connectivity index is 2.21. The second-order valence-corrected chi connectivity index (χ2v) is 5.00. The van der Waals surface area contributed by atoms with Gasteiger partial charge in [0.1, 0.15) is 0 Å². The zero-order valence-corrected chi connectivity index (χ0v) is 10.7. The van der Waals surface area contributed by atoms with Crippen LogP contribution in [0.2, 0.25) is 0 Å². The highest BCUT2D eigenvalue weighted by molar-refractivity contribution is 4.79. The maximum Gasteiger partial charge on any atom is 0.0621 e. The van der Waals surface area contributed by atoms with Crippen molar-refractivity contribution >= 4 is 0 Å². The van der Waals surface area contributed by atoms with Gasteiger partial charge >= 0.3 is 0 Å². The van der Waals surface area contributed by atoms with Crippen LogP contribution in [0.3, 0.4) is 0 Å². The van der Waals surface area contributed by atoms with Gasteiger partial charge in [-0.05, 0) is 52.6 Å². The van der Waals surface area contributed by atoms with Crippen LogP contribution in [0.4, 0.5) is 0 Å². The number of unbranched alkanes of at least 4 members (excludes halogenated alkanes) is 2. The van der Waals surface area contributed by atoms with Crippen LogP contribution in [0, 0.1) is 11.3 Å². The zero-order chi connectivity index (χ0) is 11.8. The van der Waals surface area contributed by atoms with Crippen molar-refractivity contribution in [3.63, 3.8) is 0 Å². The fourth-order valence-corrected chi connectivity index (χ4v) is 2.27. The summed E-state index contributed by atoms with van der Waals surface area (Å²) in [7, 11) is 0. The third-order valence-electron chi connectivity index (χ3n) is 3.33. The van der Waals surface area contributed by atoms with Gasteiger partial charge in [0.2, 0.25) is 0 Å². The molecule has 1 heterocycles. The molecule has 0 amide bonds. The predicted octanol–water partition coefficient (Wildman–Crippen LogP) is 2.14. The van der Waals surface area contributed by atoms with Gasteiger partial charge in [-0.25, -0.2) is 0 Å². The standard InChI is InChI=1S/C13H25N3/c1-12(2)16(10-5-3-4-8-14)11-13-7-6-9-15-13/h12-13,15H,3-7,9-11H2,1-2H3. The van der Waals surface area contributed by atoms with Crippen molar-refractivity contribution < 1.29 is 0 Å². The Morgan fingerprint density at radius 3 is 2.81 bits per heavy atom. The molecule has 1 fully saturated rings. The van der Waals surface area contributed by atoms with Gasteiger partial charge in [0, 0.05) is 25.0 Å². The molecule has 1 rings (SSSR count). The van der Waals surface area contributed by atoms with Gasteiger partial charge in [0.25, 0.3) is 0 Å². The molecule has 0 radical (unpaired) electrons. The molecule has 3 heteroatoms. The minimum Gasteiger partial charge on any atom is -0.313 e. The van der Waals surface area contributed by atoms with E-state index in [9.17, 15) is 0 Å². The van der Waals surface area contributed by atoms with E-state index >= 15 is 0 Å². The summed E-state index contributed by atoms with van der Waals surface area (Å²) in [6.07, 6.45) is 5.54. The average molecular weight is 223 g/mol. The van der Waals surface area contributed by atoms with Crippen LogP contribution >= 0.6 is 0 Å². The molecule has 0 aromatic carbocycles. The van der Waals surface area contributed by atoms with E-state index in [1.807, 2.05) is 0 Å². The molecular weight excluding hydrogens is 198 g/mol. The average Bonchev–Trinajstić information content (AvgIpc) is 2.75. The Kier molecular flexibility index (Phi) is 6.44. The number of nitrogens with one attached hydrogen (secondary N) is 1. The Morgan fingerprint density at radius 2 is 2.25 bits per heavy atom. The maximum absolute atomic E-state index is 8.50. The molecule has 16 heavy (non-hydrogen) atoms. The first-order chi connectivity index (χ1) is 7.74. The first kappa shape index (κ1) is 13.5. The maximum atomic E-state index is 8.50. The minimum absolute atomic E-state index is 0.615. The highest BCUT2D eigenvalue weighted by Crippen LogP contribution is 2.10. The van der Waals surface area contributed by atoms with E-state index in [4.69, 9.17) is 5.26 Å². The number of hydrogen-bond donors (Lipinski definition) is 1. The summed E-state index contributed by atoms with van der Waals surface area (Å²) < 4.78 is 0. The molecule has 3 nitrogen and oxygen atoms in total. The van der Waals surface area contributed by atoms with E-state index in [1.165, 1.54) is 25.9 Å². The summed E-state index contributed by atoms with van der Waals surface area (Å²) >= 11 is 0. The number of hydrogen-bond acceptors (Lipinski definition) is 3. The lowest BCUT2D eigenvalue weighted by molar-refractivity contribution is 0.199. The van der Waals surface area contributed by atoms with Crippen LogP contribution in [-0.4, -0.2) is 36.6 Å². The van der Waals surface area contributed by atoms with Crippen molar-refractivity contribution in [3.05, 3.63) is 0 Å². The van der Waals surface area contributed by atoms with E-state index in [0.29, 0.717) is 18.5 Å². The molecule has 1 unspecified atom stereocenters. The van der Waals surface area contributed by atoms with E-state index < -0.39 is 0 Å². The third kappa shape index (κ3) is 4.96. The Hall–Kier alpha value is -0.590. The summed E-state index contributed by atoms with van der Waals surface area (Å²) in [5.41, 5.74) is 0. The summed E-state index contributed by atoms with van der Waals surface area (Å²) in [5.74, 6) is 0. The van der Waals surface area contributed by atoms with Gasteiger partial charge in [-0.15, -0.1) is 0 Å². The van der Waals surface area contributed by atoms with Crippen molar-refractivity contribution in [2.24, 2.45) is 0 Å². The van der Waals surface area contributed by atoms with Crippen LogP contribution in [0.25, 0.3) is 0 Å². The molecule has 92 valence electrons. The fraction of sp³-hybridized carbons (Fsp3) is 0.923. The van der Waals surface area contributed by atoms with Crippen LogP contribution in [0.1, 0.15) is 46.0 Å². The van der Waals surface area contributed by atoms with Crippen LogP contribution in [0.5, 0.6) is 0 Å². The largest absolute Gasteiger partial charge is 0.313 e. The fourth-order valence-electron chi connectivity index (χ4n) is 2.27. The first-order valence-electron chi connectivity index (χ1n) is 6.58. The van der Waals surface area contributed by atoms with Crippen molar-refractivity contribution in [2.75, 3.05) is 19.6 Å². The highest BCUT2D eigenvalue weighted by Gasteiger charge is 2.18. The van der Waals surface area contributed by atoms with Gasteiger partial charge in [-0.3, -0.25) is 4.90 Å². The van der Waals surface area contributed by atoms with Gasteiger partial charge < -0.3 is 5.32 Å². The molecule has 1 N–H and O–H groups in total. The molecule has 0 aromatic heterocycles. The van der Waals surface area contributed by atoms with Gasteiger partial charge in [-0.2, -0.15) is 5.26 Å². The lowest BCUT2D eigenvalue weighted by Gasteiger charge is -2.29. The number of nitriles is 1. The molecule has 1 aliphatic heterocycles. The highest BCUT2D eigenvalue weighted by atomic mass is 15.2. The van der Waals surface area contributed by atoms with E-state index in [0.717, 1.165) is 19.4 Å². The Bertz CT molecular complexity index is 214. The Labute approximate surface area is 99.8 Å². The summed E-state index contributed by atoms with van der Waals surface area (Å²) in [6.45, 7) is 8.02. The van der Waals surface area contributed by atoms with E-state index in [1.54, 1.807) is 0 Å². The zero-order valence-electron chi connectivity index (χ0n) is 10.7. The summed E-state index contributed by atoms with van der Waals surface area (Å²) in [6, 6.07) is 3.52. The summed E-state index contributed by atoms with van der Waals surface area (Å²) in [5, 5.41) is 12.0. The van der Waals surface area contributed by atoms with Crippen LogP contribution < -0.4 is 5.32 Å². The molecule has 1 saturated heterocycles. The second kappa shape index (κ2) is 7.65. The molecule has 1 atom stereocenters. The van der Waals surface area contributed by atoms with Gasteiger partial charge in [0.15, 0.2) is 0 Å². The van der Waals surface area contributed by atoms with E-state index in [2.05, 4.69) is 30.1 Å². The van der Waals surface area contributed by atoms with Crippen molar-refractivity contribution in [3.8, 4) is 6.07 Å².